The third-order valence-electron chi connectivity index (χ3n) is 3.82. The van der Waals surface area contributed by atoms with Crippen LogP contribution in [0.3, 0.4) is 0 Å². The van der Waals surface area contributed by atoms with Crippen molar-refractivity contribution >= 4 is 0 Å². The topological polar surface area (TPSA) is 157 Å². The first-order valence-electron chi connectivity index (χ1n) is 6.49. The fourth-order valence-corrected chi connectivity index (χ4v) is 2.44. The van der Waals surface area contributed by atoms with Crippen LogP contribution in [0.1, 0.15) is 11.7 Å². The normalized spacial score (nSPS) is 32.2. The molecular weight excluding hydrogens is 300 g/mol. The van der Waals surface area contributed by atoms with Crippen LogP contribution < -0.4 is 16.4 Å². The molecule has 10 heteroatoms. The molecule has 124 valence electrons. The molecular formula is C12H17N2O8-. The quantitative estimate of drug-likeness (QED) is 0.426. The van der Waals surface area contributed by atoms with Crippen molar-refractivity contribution in [2.75, 3.05) is 6.61 Å². The fourth-order valence-electron chi connectivity index (χ4n) is 2.44. The lowest BCUT2D eigenvalue weighted by Crippen LogP contribution is -2.56. The average Bonchev–Trinajstić information content (AvgIpc) is 2.51. The largest absolute Gasteiger partial charge is 0.860 e. The van der Waals surface area contributed by atoms with Gasteiger partial charge in [-0.15, -0.1) is 0 Å². The van der Waals surface area contributed by atoms with Crippen molar-refractivity contribution in [2.45, 2.75) is 30.5 Å². The standard InChI is InChI=1S/C12H18N2O8/c1-13-10(19)5(11(20)14(2)12(13)21)9-8(18)7(17)6(16)4(3-15)22-9/h4,6-9,15-19H,3H2,1-2H3/p-1/t4-,6-,7+,8-,9+/m1/s1. The SMILES string of the molecule is Cn1c([O-])c([C@@H]2O[C@H](CO)[C@@H](O)[C@H](O)[C@H]2O)c(=O)n(C)c1=O. The number of aliphatic hydroxyl groups is 4. The Bertz CT molecular complexity index is 679. The van der Waals surface area contributed by atoms with Crippen LogP contribution in [0.15, 0.2) is 9.59 Å². The highest BCUT2D eigenvalue weighted by Gasteiger charge is 2.45. The molecule has 1 aromatic rings. The summed E-state index contributed by atoms with van der Waals surface area (Å²) in [7, 11) is 2.30. The number of aromatic nitrogens is 2. The highest BCUT2D eigenvalue weighted by molar-refractivity contribution is 5.27. The molecule has 1 saturated heterocycles. The Kier molecular flexibility index (Phi) is 4.40. The summed E-state index contributed by atoms with van der Waals surface area (Å²) in [6, 6.07) is 0. The van der Waals surface area contributed by atoms with Gasteiger partial charge in [0.1, 0.15) is 30.5 Å². The molecule has 0 saturated carbocycles. The van der Waals surface area contributed by atoms with Crippen molar-refractivity contribution in [3.8, 4) is 5.88 Å². The zero-order valence-electron chi connectivity index (χ0n) is 11.9. The monoisotopic (exact) mass is 317 g/mol. The van der Waals surface area contributed by atoms with Gasteiger partial charge in [-0.3, -0.25) is 9.36 Å². The van der Waals surface area contributed by atoms with Crippen LogP contribution in [-0.4, -0.2) is 60.6 Å². The van der Waals surface area contributed by atoms with Gasteiger partial charge in [-0.1, -0.05) is 0 Å². The first-order chi connectivity index (χ1) is 10.2. The Labute approximate surface area is 124 Å². The van der Waals surface area contributed by atoms with E-state index >= 15 is 0 Å². The Morgan fingerprint density at radius 3 is 2.23 bits per heavy atom. The molecule has 0 radical (unpaired) electrons. The van der Waals surface area contributed by atoms with Gasteiger partial charge in [-0.25, -0.2) is 4.79 Å². The van der Waals surface area contributed by atoms with E-state index in [1.807, 2.05) is 0 Å². The second-order valence-electron chi connectivity index (χ2n) is 5.17. The van der Waals surface area contributed by atoms with E-state index in [0.717, 1.165) is 14.1 Å². The van der Waals surface area contributed by atoms with Crippen molar-refractivity contribution < 1.29 is 30.3 Å². The second kappa shape index (κ2) is 5.82. The van der Waals surface area contributed by atoms with Crippen LogP contribution in [0.25, 0.3) is 0 Å². The van der Waals surface area contributed by atoms with Gasteiger partial charge in [0.2, 0.25) is 0 Å². The van der Waals surface area contributed by atoms with E-state index < -0.39 is 59.8 Å². The van der Waals surface area contributed by atoms with Crippen LogP contribution in [0.5, 0.6) is 5.88 Å². The van der Waals surface area contributed by atoms with Crippen LogP contribution in [-0.2, 0) is 18.8 Å². The maximum Gasteiger partial charge on any atom is 0.329 e. The van der Waals surface area contributed by atoms with Crippen molar-refractivity contribution in [3.63, 3.8) is 0 Å². The highest BCUT2D eigenvalue weighted by atomic mass is 16.5. The van der Waals surface area contributed by atoms with Crippen molar-refractivity contribution in [1.29, 1.82) is 0 Å². The molecule has 0 bridgehead atoms. The van der Waals surface area contributed by atoms with Gasteiger partial charge in [0, 0.05) is 14.1 Å². The summed E-state index contributed by atoms with van der Waals surface area (Å²) in [5, 5.41) is 50.7. The lowest BCUT2D eigenvalue weighted by molar-refractivity contribution is -0.287. The van der Waals surface area contributed by atoms with Crippen molar-refractivity contribution in [1.82, 2.24) is 9.13 Å². The first-order valence-corrected chi connectivity index (χ1v) is 6.49. The number of hydrogen-bond donors (Lipinski definition) is 4. The fraction of sp³-hybridized carbons (Fsp3) is 0.667. The minimum atomic E-state index is -1.77. The van der Waals surface area contributed by atoms with E-state index in [2.05, 4.69) is 0 Å². The lowest BCUT2D eigenvalue weighted by atomic mass is 9.92. The minimum Gasteiger partial charge on any atom is -0.860 e. The molecule has 4 N–H and O–H groups in total. The zero-order chi connectivity index (χ0) is 16.8. The summed E-state index contributed by atoms with van der Waals surface area (Å²) in [5.74, 6) is -0.975. The molecule has 1 aliphatic heterocycles. The van der Waals surface area contributed by atoms with E-state index in [0.29, 0.717) is 9.13 Å². The molecule has 1 fully saturated rings. The van der Waals surface area contributed by atoms with Crippen LogP contribution in [0, 0.1) is 0 Å². The number of rotatable bonds is 2. The smallest absolute Gasteiger partial charge is 0.329 e. The summed E-state index contributed by atoms with van der Waals surface area (Å²) in [4.78, 5) is 23.8. The predicted molar refractivity (Wildman–Crippen MR) is 69.1 cm³/mol. The molecule has 2 rings (SSSR count). The minimum absolute atomic E-state index is 0.554. The first kappa shape index (κ1) is 16.6. The molecule has 22 heavy (non-hydrogen) atoms. The molecule has 0 aliphatic carbocycles. The van der Waals surface area contributed by atoms with Gasteiger partial charge in [-0.2, -0.15) is 0 Å². The summed E-state index contributed by atoms with van der Waals surface area (Å²) >= 11 is 0. The molecule has 0 aromatic carbocycles. The van der Waals surface area contributed by atoms with Crippen LogP contribution in [0.2, 0.25) is 0 Å². The van der Waals surface area contributed by atoms with E-state index in [4.69, 9.17) is 9.84 Å². The van der Waals surface area contributed by atoms with Crippen molar-refractivity contribution in [2.24, 2.45) is 14.1 Å². The molecule has 2 heterocycles. The van der Waals surface area contributed by atoms with Crippen molar-refractivity contribution in [3.05, 3.63) is 26.4 Å². The summed E-state index contributed by atoms with van der Waals surface area (Å²) in [5.41, 5.74) is -2.37. The predicted octanol–water partition coefficient (Wildman–Crippen LogP) is -4.33. The molecule has 0 spiro atoms. The third-order valence-corrected chi connectivity index (χ3v) is 3.82. The molecule has 1 aromatic heterocycles. The average molecular weight is 317 g/mol. The maximum absolute atomic E-state index is 12.1. The van der Waals surface area contributed by atoms with Gasteiger partial charge in [0.05, 0.1) is 12.2 Å². The van der Waals surface area contributed by atoms with E-state index in [-0.39, 0.29) is 0 Å². The van der Waals surface area contributed by atoms with Gasteiger partial charge in [-0.05, 0) is 5.88 Å². The van der Waals surface area contributed by atoms with Gasteiger partial charge in [0.25, 0.3) is 5.56 Å². The second-order valence-corrected chi connectivity index (χ2v) is 5.17. The maximum atomic E-state index is 12.1. The molecule has 1 aliphatic rings. The van der Waals surface area contributed by atoms with Gasteiger partial charge in [0.15, 0.2) is 0 Å². The Balaban J connectivity index is 2.61. The number of aliphatic hydroxyl groups excluding tert-OH is 4. The third kappa shape index (κ3) is 2.34. The van der Waals surface area contributed by atoms with E-state index in [1.54, 1.807) is 0 Å². The van der Waals surface area contributed by atoms with E-state index in [1.165, 1.54) is 0 Å². The summed E-state index contributed by atoms with van der Waals surface area (Å²) in [6.07, 6.45) is -7.94. The molecule has 0 unspecified atom stereocenters. The Morgan fingerprint density at radius 2 is 1.68 bits per heavy atom. The lowest BCUT2D eigenvalue weighted by Gasteiger charge is -2.41. The van der Waals surface area contributed by atoms with E-state index in [9.17, 15) is 30.0 Å². The van der Waals surface area contributed by atoms with Crippen LogP contribution >= 0.6 is 0 Å². The highest BCUT2D eigenvalue weighted by Crippen LogP contribution is 2.33. The zero-order valence-corrected chi connectivity index (χ0v) is 11.9. The summed E-state index contributed by atoms with van der Waals surface area (Å²) in [6.45, 7) is -0.693. The molecule has 5 atom stereocenters. The van der Waals surface area contributed by atoms with Gasteiger partial charge >= 0.3 is 5.69 Å². The summed E-state index contributed by atoms with van der Waals surface area (Å²) < 4.78 is 6.52. The number of hydrogen-bond acceptors (Lipinski definition) is 8. The number of ether oxygens (including phenoxy) is 1. The Morgan fingerprint density at radius 1 is 1.09 bits per heavy atom. The number of nitrogens with zero attached hydrogens (tertiary/aromatic N) is 2. The molecule has 10 nitrogen and oxygen atoms in total. The Hall–Kier alpha value is -1.72. The van der Waals surface area contributed by atoms with Gasteiger partial charge < -0.3 is 34.8 Å². The van der Waals surface area contributed by atoms with Crippen LogP contribution in [0.4, 0.5) is 0 Å². The molecule has 0 amide bonds.